The van der Waals surface area contributed by atoms with Gasteiger partial charge in [0.1, 0.15) is 5.75 Å². The van der Waals surface area contributed by atoms with Crippen molar-refractivity contribution in [1.82, 2.24) is 0 Å². The maximum Gasteiger partial charge on any atom is 0.224 e. The highest BCUT2D eigenvalue weighted by Gasteiger charge is 2.32. The Hall–Kier alpha value is -1.79. The average Bonchev–Trinajstić information content (AvgIpc) is 2.57. The molecule has 140 valence electrons. The molecule has 2 rings (SSSR count). The van der Waals surface area contributed by atoms with Crippen LogP contribution in [0, 0.1) is 5.41 Å². The fourth-order valence-corrected chi connectivity index (χ4v) is 3.20. The predicted octanol–water partition coefficient (Wildman–Crippen LogP) is 2.60. The molecule has 0 unspecified atom stereocenters. The van der Waals surface area contributed by atoms with E-state index in [2.05, 4.69) is 5.32 Å². The Labute approximate surface area is 155 Å². The zero-order valence-corrected chi connectivity index (χ0v) is 15.3. The lowest BCUT2D eigenvalue weighted by Crippen LogP contribution is -2.36. The second-order valence-electron chi connectivity index (χ2n) is 6.58. The summed E-state index contributed by atoms with van der Waals surface area (Å²) in [6.45, 7) is 0.813. The van der Waals surface area contributed by atoms with Crippen molar-refractivity contribution in [2.24, 2.45) is 16.9 Å². The first-order chi connectivity index (χ1) is 11.5. The van der Waals surface area contributed by atoms with E-state index in [-0.39, 0.29) is 36.8 Å². The molecule has 2 amide bonds. The summed E-state index contributed by atoms with van der Waals surface area (Å²) in [6, 6.07) is 7.09. The molecule has 0 aliphatic heterocycles. The van der Waals surface area contributed by atoms with Crippen molar-refractivity contribution in [3.8, 4) is 5.75 Å². The van der Waals surface area contributed by atoms with Crippen LogP contribution in [0.15, 0.2) is 24.3 Å². The minimum absolute atomic E-state index is 0. The third-order valence-corrected chi connectivity index (χ3v) is 4.64. The van der Waals surface area contributed by atoms with Crippen LogP contribution >= 0.6 is 12.4 Å². The second kappa shape index (κ2) is 10.3. The molecule has 0 bridgehead atoms. The maximum atomic E-state index is 12.3. The number of carbonyl (C=O) groups excluding carboxylic acids is 2. The first-order valence-electron chi connectivity index (χ1n) is 8.54. The summed E-state index contributed by atoms with van der Waals surface area (Å²) in [7, 11) is 0. The Morgan fingerprint density at radius 2 is 1.76 bits per heavy atom. The molecule has 0 aromatic heterocycles. The number of ether oxygens (including phenoxy) is 1. The summed E-state index contributed by atoms with van der Waals surface area (Å²) in [5, 5.41) is 2.93. The van der Waals surface area contributed by atoms with Crippen molar-refractivity contribution in [3.63, 3.8) is 0 Å². The van der Waals surface area contributed by atoms with E-state index in [9.17, 15) is 9.59 Å². The lowest BCUT2D eigenvalue weighted by Gasteiger charge is -2.35. The molecule has 0 heterocycles. The van der Waals surface area contributed by atoms with Gasteiger partial charge in [0.05, 0.1) is 13.0 Å². The van der Waals surface area contributed by atoms with Gasteiger partial charge in [0.2, 0.25) is 11.8 Å². The van der Waals surface area contributed by atoms with Gasteiger partial charge in [-0.3, -0.25) is 9.59 Å². The lowest BCUT2D eigenvalue weighted by atomic mass is 9.71. The van der Waals surface area contributed by atoms with Crippen LogP contribution in [0.4, 0.5) is 5.69 Å². The van der Waals surface area contributed by atoms with Crippen molar-refractivity contribution < 1.29 is 14.3 Å². The number of rotatable bonds is 8. The number of anilines is 1. The van der Waals surface area contributed by atoms with Crippen molar-refractivity contribution >= 4 is 29.9 Å². The molecule has 1 saturated carbocycles. The number of hydrogen-bond donors (Lipinski definition) is 3. The molecule has 1 aliphatic carbocycles. The molecule has 1 aliphatic rings. The van der Waals surface area contributed by atoms with E-state index in [0.717, 1.165) is 31.4 Å². The molecule has 7 heteroatoms. The van der Waals surface area contributed by atoms with Crippen molar-refractivity contribution in [2.45, 2.75) is 44.9 Å². The Morgan fingerprint density at radius 3 is 2.32 bits per heavy atom. The minimum atomic E-state index is -0.393. The van der Waals surface area contributed by atoms with Gasteiger partial charge in [0.15, 0.2) is 0 Å². The summed E-state index contributed by atoms with van der Waals surface area (Å²) >= 11 is 0. The van der Waals surface area contributed by atoms with E-state index < -0.39 is 5.91 Å². The van der Waals surface area contributed by atoms with Gasteiger partial charge in [0.25, 0.3) is 0 Å². The summed E-state index contributed by atoms with van der Waals surface area (Å²) in [4.78, 5) is 23.0. The van der Waals surface area contributed by atoms with Crippen LogP contribution in [0.3, 0.4) is 0 Å². The van der Waals surface area contributed by atoms with Gasteiger partial charge in [-0.2, -0.15) is 0 Å². The number of primary amides is 1. The zero-order chi connectivity index (χ0) is 17.4. The first kappa shape index (κ1) is 21.3. The number of nitrogens with one attached hydrogen (secondary N) is 1. The average molecular weight is 370 g/mol. The van der Waals surface area contributed by atoms with Crippen LogP contribution in [0.25, 0.3) is 0 Å². The van der Waals surface area contributed by atoms with Gasteiger partial charge in [0, 0.05) is 12.1 Å². The van der Waals surface area contributed by atoms with Crippen LogP contribution in [0.2, 0.25) is 0 Å². The highest BCUT2D eigenvalue weighted by molar-refractivity contribution is 5.91. The number of benzene rings is 1. The molecule has 0 atom stereocenters. The highest BCUT2D eigenvalue weighted by Crippen LogP contribution is 2.38. The number of nitrogens with two attached hydrogens (primary N) is 2. The highest BCUT2D eigenvalue weighted by atomic mass is 35.5. The zero-order valence-electron chi connectivity index (χ0n) is 14.5. The van der Waals surface area contributed by atoms with Crippen LogP contribution in [-0.4, -0.2) is 25.0 Å². The first-order valence-corrected chi connectivity index (χ1v) is 8.54. The Morgan fingerprint density at radius 1 is 1.12 bits per heavy atom. The van der Waals surface area contributed by atoms with Crippen LogP contribution < -0.4 is 21.5 Å². The van der Waals surface area contributed by atoms with Crippen LogP contribution in [-0.2, 0) is 9.59 Å². The monoisotopic (exact) mass is 369 g/mol. The minimum Gasteiger partial charge on any atom is -0.493 e. The molecule has 1 fully saturated rings. The SMILES string of the molecule is Cl.NCC1(CC(=O)Nc2ccc(OCCC(N)=O)cc2)CCCCC1. The molecule has 0 saturated heterocycles. The van der Waals surface area contributed by atoms with Gasteiger partial charge in [-0.25, -0.2) is 0 Å². The molecule has 0 spiro atoms. The molecule has 25 heavy (non-hydrogen) atoms. The number of halogens is 1. The standard InChI is InChI=1S/C18H27N3O3.ClH/c19-13-18(9-2-1-3-10-18)12-17(23)21-14-4-6-15(7-5-14)24-11-8-16(20)22;/h4-7H,1-3,8-13,19H2,(H2,20,22)(H,21,23);1H. The van der Waals surface area contributed by atoms with Gasteiger partial charge < -0.3 is 21.5 Å². The summed E-state index contributed by atoms with van der Waals surface area (Å²) < 4.78 is 5.40. The largest absolute Gasteiger partial charge is 0.493 e. The molecule has 5 N–H and O–H groups in total. The lowest BCUT2D eigenvalue weighted by molar-refractivity contribution is -0.119. The second-order valence-corrected chi connectivity index (χ2v) is 6.58. The molecule has 1 aromatic rings. The fourth-order valence-electron chi connectivity index (χ4n) is 3.20. The number of amides is 2. The van der Waals surface area contributed by atoms with E-state index in [1.165, 1.54) is 6.42 Å². The van der Waals surface area contributed by atoms with E-state index in [1.54, 1.807) is 24.3 Å². The molecule has 1 aromatic carbocycles. The number of hydrogen-bond acceptors (Lipinski definition) is 4. The third kappa shape index (κ3) is 6.92. The summed E-state index contributed by atoms with van der Waals surface area (Å²) in [5.41, 5.74) is 11.7. The topological polar surface area (TPSA) is 107 Å². The Balaban J connectivity index is 0.00000312. The van der Waals surface area contributed by atoms with E-state index in [0.29, 0.717) is 18.7 Å². The molecule has 6 nitrogen and oxygen atoms in total. The van der Waals surface area contributed by atoms with Crippen LogP contribution in [0.1, 0.15) is 44.9 Å². The normalized spacial score (nSPS) is 15.7. The predicted molar refractivity (Wildman–Crippen MR) is 101 cm³/mol. The van der Waals surface area contributed by atoms with E-state index in [1.807, 2.05) is 0 Å². The van der Waals surface area contributed by atoms with Crippen molar-refractivity contribution in [1.29, 1.82) is 0 Å². The number of carbonyl (C=O) groups is 2. The summed E-state index contributed by atoms with van der Waals surface area (Å²) in [5.74, 6) is 0.250. The van der Waals surface area contributed by atoms with E-state index >= 15 is 0 Å². The van der Waals surface area contributed by atoms with Gasteiger partial charge in [-0.1, -0.05) is 19.3 Å². The molecular formula is C18H28ClN3O3. The maximum absolute atomic E-state index is 12.3. The quantitative estimate of drug-likeness (QED) is 0.654. The van der Waals surface area contributed by atoms with Gasteiger partial charge >= 0.3 is 0 Å². The smallest absolute Gasteiger partial charge is 0.224 e. The molecule has 0 radical (unpaired) electrons. The van der Waals surface area contributed by atoms with Crippen molar-refractivity contribution in [2.75, 3.05) is 18.5 Å². The summed E-state index contributed by atoms with van der Waals surface area (Å²) in [6.07, 6.45) is 6.26. The fraction of sp³-hybridized carbons (Fsp3) is 0.556. The third-order valence-electron chi connectivity index (χ3n) is 4.64. The Bertz CT molecular complexity index is 557. The van der Waals surface area contributed by atoms with Crippen molar-refractivity contribution in [3.05, 3.63) is 24.3 Å². The Kier molecular flexibility index (Phi) is 8.72. The van der Waals surface area contributed by atoms with E-state index in [4.69, 9.17) is 16.2 Å². The van der Waals surface area contributed by atoms with Crippen LogP contribution in [0.5, 0.6) is 5.75 Å². The van der Waals surface area contributed by atoms with Gasteiger partial charge in [-0.15, -0.1) is 12.4 Å². The molecular weight excluding hydrogens is 342 g/mol. The van der Waals surface area contributed by atoms with Gasteiger partial charge in [-0.05, 0) is 49.1 Å².